The Morgan fingerprint density at radius 1 is 1.00 bits per heavy atom. The third kappa shape index (κ3) is 6.35. The number of halogens is 2. The molecule has 0 bridgehead atoms. The highest BCUT2D eigenvalue weighted by Gasteiger charge is 2.28. The van der Waals surface area contributed by atoms with Gasteiger partial charge in [0.05, 0.1) is 30.1 Å². The standard InChI is InChI=1S/C29H33F2N7O3S/c30-21-11-12-24(31)35-25(21)26-22(15-38(36-26)20-9-5-2-6-10-20)33-27(39)23-16-42-28(34-23)19-13-32-37(14-19)17-41-29(40)18-7-3-1-4-8-18/h11-13,15-16,18-20H,1-10,14,17H2,(H,33,39). The van der Waals surface area contributed by atoms with Crippen molar-refractivity contribution in [2.75, 3.05) is 18.6 Å². The van der Waals surface area contributed by atoms with Crippen molar-refractivity contribution in [3.05, 3.63) is 46.2 Å². The maximum Gasteiger partial charge on any atom is 0.310 e. The Bertz CT molecular complexity index is 1460. The number of rotatable bonds is 8. The summed E-state index contributed by atoms with van der Waals surface area (Å²) in [5.41, 5.74) is 0.244. The van der Waals surface area contributed by atoms with Crippen LogP contribution in [0, 0.1) is 17.7 Å². The molecule has 3 aromatic rings. The minimum Gasteiger partial charge on any atom is -0.443 e. The van der Waals surface area contributed by atoms with Crippen LogP contribution in [-0.2, 0) is 9.53 Å². The zero-order chi connectivity index (χ0) is 29.1. The highest BCUT2D eigenvalue weighted by molar-refractivity contribution is 7.10. The second kappa shape index (κ2) is 12.6. The number of hydrazone groups is 1. The van der Waals surface area contributed by atoms with Gasteiger partial charge in [-0.1, -0.05) is 38.5 Å². The number of nitrogens with zero attached hydrogens (tertiary/aromatic N) is 6. The summed E-state index contributed by atoms with van der Waals surface area (Å²) in [5, 5.41) is 15.7. The average molecular weight is 598 g/mol. The number of hydrogen-bond acceptors (Lipinski definition) is 9. The monoisotopic (exact) mass is 597 g/mol. The SMILES string of the molecule is O=C(Nc1cn(C2CCCCC2)nc1-c1nc(F)ccc1F)c1csc(C2C=NN(COC(=O)C3CCCCC3)C2)n1. The Labute approximate surface area is 246 Å². The number of aromatic nitrogens is 4. The zero-order valence-corrected chi connectivity index (χ0v) is 24.0. The Hall–Kier alpha value is -3.74. The van der Waals surface area contributed by atoms with E-state index in [-0.39, 0.29) is 53.3 Å². The van der Waals surface area contributed by atoms with Crippen molar-refractivity contribution in [1.82, 2.24) is 24.8 Å². The number of carbonyl (C=O) groups excluding carboxylic acids is 2. The Morgan fingerprint density at radius 3 is 2.55 bits per heavy atom. The largest absolute Gasteiger partial charge is 0.443 e. The molecule has 0 spiro atoms. The van der Waals surface area contributed by atoms with E-state index >= 15 is 0 Å². The highest BCUT2D eigenvalue weighted by atomic mass is 32.1. The molecule has 0 radical (unpaired) electrons. The van der Waals surface area contributed by atoms with E-state index < -0.39 is 17.7 Å². The van der Waals surface area contributed by atoms with Gasteiger partial charge in [0, 0.05) is 17.8 Å². The quantitative estimate of drug-likeness (QED) is 0.254. The Morgan fingerprint density at radius 2 is 1.76 bits per heavy atom. The van der Waals surface area contributed by atoms with Crippen molar-refractivity contribution in [2.24, 2.45) is 11.0 Å². The molecule has 2 saturated carbocycles. The summed E-state index contributed by atoms with van der Waals surface area (Å²) in [5.74, 6) is -2.40. The number of thiazole rings is 1. The van der Waals surface area contributed by atoms with Crippen LogP contribution in [-0.4, -0.2) is 56.1 Å². The maximum atomic E-state index is 14.7. The molecule has 2 fully saturated rings. The van der Waals surface area contributed by atoms with Crippen molar-refractivity contribution in [3.8, 4) is 11.4 Å². The number of ether oxygens (including phenoxy) is 1. The van der Waals surface area contributed by atoms with Crippen LogP contribution in [0.1, 0.15) is 91.7 Å². The normalized spacial score (nSPS) is 19.8. The third-order valence-corrected chi connectivity index (χ3v) is 9.13. The molecule has 1 N–H and O–H groups in total. The lowest BCUT2D eigenvalue weighted by Gasteiger charge is -2.21. The molecule has 42 heavy (non-hydrogen) atoms. The summed E-state index contributed by atoms with van der Waals surface area (Å²) in [6.07, 6.45) is 13.6. The van der Waals surface area contributed by atoms with E-state index in [1.54, 1.807) is 27.5 Å². The molecule has 4 heterocycles. The van der Waals surface area contributed by atoms with Crippen molar-refractivity contribution in [2.45, 2.75) is 76.2 Å². The number of pyridine rings is 1. The van der Waals surface area contributed by atoms with Crippen molar-refractivity contribution < 1.29 is 23.1 Å². The van der Waals surface area contributed by atoms with Gasteiger partial charge in [-0.3, -0.25) is 19.3 Å². The van der Waals surface area contributed by atoms with Crippen LogP contribution < -0.4 is 5.32 Å². The molecule has 1 amide bonds. The lowest BCUT2D eigenvalue weighted by molar-refractivity contribution is -0.154. The summed E-state index contributed by atoms with van der Waals surface area (Å²) in [4.78, 5) is 33.9. The van der Waals surface area contributed by atoms with Gasteiger partial charge in [0.25, 0.3) is 5.91 Å². The van der Waals surface area contributed by atoms with Crippen molar-refractivity contribution >= 4 is 35.1 Å². The van der Waals surface area contributed by atoms with Gasteiger partial charge < -0.3 is 10.1 Å². The Kier molecular flexibility index (Phi) is 8.54. The molecule has 2 aliphatic carbocycles. The number of hydrogen-bond donors (Lipinski definition) is 1. The Balaban J connectivity index is 1.12. The van der Waals surface area contributed by atoms with Gasteiger partial charge in [-0.05, 0) is 37.8 Å². The second-order valence-electron chi connectivity index (χ2n) is 11.1. The van der Waals surface area contributed by atoms with Crippen molar-refractivity contribution in [3.63, 3.8) is 0 Å². The number of carbonyl (C=O) groups is 2. The van der Waals surface area contributed by atoms with E-state index in [2.05, 4.69) is 25.5 Å². The first kappa shape index (κ1) is 28.4. The predicted octanol–water partition coefficient (Wildman–Crippen LogP) is 5.90. The molecule has 0 saturated heterocycles. The molecule has 1 unspecified atom stereocenters. The predicted molar refractivity (Wildman–Crippen MR) is 153 cm³/mol. The van der Waals surface area contributed by atoms with Gasteiger partial charge in [-0.15, -0.1) is 11.3 Å². The van der Waals surface area contributed by atoms with Gasteiger partial charge in [-0.25, -0.2) is 14.4 Å². The maximum absolute atomic E-state index is 14.7. The fourth-order valence-corrected chi connectivity index (χ4v) is 6.70. The average Bonchev–Trinajstić information content (AvgIpc) is 3.78. The van der Waals surface area contributed by atoms with Crippen LogP contribution in [0.2, 0.25) is 0 Å². The fourth-order valence-electron chi connectivity index (χ4n) is 5.84. The lowest BCUT2D eigenvalue weighted by atomic mass is 9.89. The second-order valence-corrected chi connectivity index (χ2v) is 12.0. The van der Waals surface area contributed by atoms with Crippen LogP contribution in [0.3, 0.4) is 0 Å². The van der Waals surface area contributed by atoms with Crippen LogP contribution >= 0.6 is 11.3 Å². The molecule has 13 heteroatoms. The van der Waals surface area contributed by atoms with Gasteiger partial charge in [0.2, 0.25) is 5.95 Å². The summed E-state index contributed by atoms with van der Waals surface area (Å²) in [6, 6.07) is 2.05. The van der Waals surface area contributed by atoms with Crippen LogP contribution in [0.4, 0.5) is 14.5 Å². The number of anilines is 1. The minimum absolute atomic E-state index is 0.0235. The molecular formula is C29H33F2N7O3S. The van der Waals surface area contributed by atoms with E-state index in [0.29, 0.717) is 11.6 Å². The summed E-state index contributed by atoms with van der Waals surface area (Å²) < 4.78 is 35.9. The fraction of sp³-hybridized carbons (Fsp3) is 0.517. The van der Waals surface area contributed by atoms with E-state index in [0.717, 1.165) is 69.9 Å². The molecule has 1 aliphatic heterocycles. The van der Waals surface area contributed by atoms with Crippen LogP contribution in [0.5, 0.6) is 0 Å². The van der Waals surface area contributed by atoms with E-state index in [9.17, 15) is 18.4 Å². The van der Waals surface area contributed by atoms with E-state index in [4.69, 9.17) is 4.74 Å². The van der Waals surface area contributed by atoms with E-state index in [1.807, 2.05) is 0 Å². The van der Waals surface area contributed by atoms with Gasteiger partial charge in [0.15, 0.2) is 12.5 Å². The van der Waals surface area contributed by atoms with Gasteiger partial charge in [0.1, 0.15) is 22.1 Å². The zero-order valence-electron chi connectivity index (χ0n) is 23.2. The molecule has 222 valence electrons. The molecule has 1 atom stereocenters. The lowest BCUT2D eigenvalue weighted by Crippen LogP contribution is -2.27. The van der Waals surface area contributed by atoms with Crippen LogP contribution in [0.25, 0.3) is 11.4 Å². The molecule has 0 aromatic carbocycles. The number of esters is 1. The first-order valence-corrected chi connectivity index (χ1v) is 15.5. The topological polar surface area (TPSA) is 115 Å². The minimum atomic E-state index is -0.837. The molecule has 3 aliphatic rings. The highest BCUT2D eigenvalue weighted by Crippen LogP contribution is 2.34. The van der Waals surface area contributed by atoms with Gasteiger partial charge in [-0.2, -0.15) is 14.6 Å². The molecule has 6 rings (SSSR count). The summed E-state index contributed by atoms with van der Waals surface area (Å²) in [6.45, 7) is 0.564. The van der Waals surface area contributed by atoms with E-state index in [1.165, 1.54) is 17.8 Å². The third-order valence-electron chi connectivity index (χ3n) is 8.15. The van der Waals surface area contributed by atoms with Crippen molar-refractivity contribution in [1.29, 1.82) is 0 Å². The first-order valence-electron chi connectivity index (χ1n) is 14.6. The molecule has 10 nitrogen and oxygen atoms in total. The molecule has 3 aromatic heterocycles. The smallest absolute Gasteiger partial charge is 0.310 e. The van der Waals surface area contributed by atoms with Crippen LogP contribution in [0.15, 0.2) is 28.8 Å². The van der Waals surface area contributed by atoms with Gasteiger partial charge >= 0.3 is 5.97 Å². The molecular weight excluding hydrogens is 564 g/mol. The summed E-state index contributed by atoms with van der Waals surface area (Å²) in [7, 11) is 0. The first-order chi connectivity index (χ1) is 20.4. The summed E-state index contributed by atoms with van der Waals surface area (Å²) >= 11 is 1.33. The number of amides is 1. The number of nitrogens with one attached hydrogen (secondary N) is 1.